The van der Waals surface area contributed by atoms with Crippen molar-refractivity contribution in [2.75, 3.05) is 10.6 Å². The van der Waals surface area contributed by atoms with Gasteiger partial charge in [0.25, 0.3) is 34.6 Å². The van der Waals surface area contributed by atoms with E-state index in [4.69, 9.17) is 0 Å². The number of rotatable bonds is 12. The predicted molar refractivity (Wildman–Crippen MR) is 248 cm³/mol. The van der Waals surface area contributed by atoms with E-state index in [9.17, 15) is 70.5 Å². The van der Waals surface area contributed by atoms with Gasteiger partial charge in [0, 0.05) is 56.9 Å². The summed E-state index contributed by atoms with van der Waals surface area (Å²) < 4.78 is 0. The fourth-order valence-electron chi connectivity index (χ4n) is 6.60. The Morgan fingerprint density at radius 3 is 1.08 bits per heavy atom. The molecule has 0 atom stereocenters. The number of nitrogens with one attached hydrogen (secondary N) is 2. The molecule has 0 bridgehead atoms. The van der Waals surface area contributed by atoms with Gasteiger partial charge in [-0.2, -0.15) is 20.5 Å². The number of para-hydroxylation sites is 2. The molecule has 8 aromatic carbocycles. The molecule has 0 aliphatic heterocycles. The first kappa shape index (κ1) is 52.7. The smallest absolute Gasteiger partial charge is 0.870 e. The second-order valence-corrected chi connectivity index (χ2v) is 14.3. The van der Waals surface area contributed by atoms with Gasteiger partial charge in [0.15, 0.2) is 0 Å². The molecular formula is C46H30CrN11O14. The van der Waals surface area contributed by atoms with Crippen LogP contribution in [-0.2, 0) is 17.4 Å². The number of carbonyl (C=O) groups excluding carboxylic acids is 2. The Labute approximate surface area is 413 Å². The first-order valence-corrected chi connectivity index (χ1v) is 19.8. The number of amides is 2. The summed E-state index contributed by atoms with van der Waals surface area (Å²) in [5.41, 5.74) is -5.23. The Balaban J connectivity index is 0.000000260. The number of fused-ring (bicyclic) bond motifs is 2. The van der Waals surface area contributed by atoms with E-state index in [-0.39, 0.29) is 46.0 Å². The topological polar surface area (TPSA) is 409 Å². The zero-order chi connectivity index (χ0) is 50.2. The van der Waals surface area contributed by atoms with Crippen LogP contribution >= 0.6 is 0 Å². The molecule has 359 valence electrons. The molecule has 2 amide bonds. The van der Waals surface area contributed by atoms with E-state index in [0.717, 1.165) is 12.1 Å². The van der Waals surface area contributed by atoms with Crippen LogP contribution in [0.25, 0.3) is 21.5 Å². The quantitative estimate of drug-likeness (QED) is 0.0583. The maximum Gasteiger partial charge on any atom is 3.00 e. The van der Waals surface area contributed by atoms with Crippen LogP contribution in [0.15, 0.2) is 166 Å². The molecule has 0 aliphatic carbocycles. The van der Waals surface area contributed by atoms with Crippen molar-refractivity contribution >= 4 is 90.2 Å². The number of nitrogens with zero attached hydrogens (tertiary/aromatic N) is 8. The number of benzene rings is 8. The Hall–Kier alpha value is -10.3. The van der Waals surface area contributed by atoms with Gasteiger partial charge >= 0.3 is 17.4 Å². The SMILES string of the molecule is O=C(Nc1ccccc1)c1cc2ccccc2c(N=Nc2cc([N+](=O)[O-])cc([N+](=O)[O-])c2[O-])c1[O-].O=C(Nc1ccccc1)c1cc2ccccc2c(N=Nc2cc([N+](=O)[O-])cc([N+](=O)[O-])c2[O-])c1[O-].[Cr+3].[NH4+]. The van der Waals surface area contributed by atoms with Gasteiger partial charge in [0.1, 0.15) is 0 Å². The summed E-state index contributed by atoms with van der Waals surface area (Å²) in [5.74, 6) is -5.46. The molecule has 0 spiro atoms. The second kappa shape index (κ2) is 22.7. The molecule has 0 aromatic heterocycles. The standard InChI is InChI=1S/2C23H15N5O7.Cr.H3N/c2*29-21-17(23(31)24-14-7-2-1-3-8-14)10-13-6-4-5-9-16(13)20(21)26-25-18-11-15(27(32)33)12-19(22(18)30)28(34)35;;/h2*1-12,29-30H,(H,24,31);;1H3/q;;+3;/p-3. The van der Waals surface area contributed by atoms with Gasteiger partial charge in [-0.3, -0.25) is 50.0 Å². The van der Waals surface area contributed by atoms with Crippen LogP contribution in [0.4, 0.5) is 56.9 Å². The van der Waals surface area contributed by atoms with Crippen LogP contribution in [0.2, 0.25) is 0 Å². The Bertz CT molecular complexity index is 3280. The number of azo groups is 2. The summed E-state index contributed by atoms with van der Waals surface area (Å²) in [4.78, 5) is 66.2. The van der Waals surface area contributed by atoms with Crippen molar-refractivity contribution in [3.63, 3.8) is 0 Å². The fraction of sp³-hybridized carbons (Fsp3) is 0. The minimum Gasteiger partial charge on any atom is -0.870 e. The third-order valence-corrected chi connectivity index (χ3v) is 9.90. The second-order valence-electron chi connectivity index (χ2n) is 14.3. The van der Waals surface area contributed by atoms with Crippen LogP contribution in [0.1, 0.15) is 20.7 Å². The molecule has 0 aliphatic rings. The van der Waals surface area contributed by atoms with Crippen LogP contribution in [0.5, 0.6) is 23.0 Å². The minimum absolute atomic E-state index is 0. The van der Waals surface area contributed by atoms with E-state index in [0.29, 0.717) is 45.1 Å². The Morgan fingerprint density at radius 2 is 0.750 bits per heavy atom. The minimum atomic E-state index is -1.21. The van der Waals surface area contributed by atoms with Gasteiger partial charge in [-0.15, -0.1) is 0 Å². The maximum atomic E-state index is 13.2. The molecule has 8 rings (SSSR count). The Morgan fingerprint density at radius 1 is 0.417 bits per heavy atom. The molecule has 8 aromatic rings. The number of hydrogen-bond donors (Lipinski definition) is 3. The molecule has 0 heterocycles. The molecule has 0 saturated heterocycles. The molecule has 1 radical (unpaired) electrons. The van der Waals surface area contributed by atoms with E-state index in [2.05, 4.69) is 31.1 Å². The predicted octanol–water partition coefficient (Wildman–Crippen LogP) is 9.32. The monoisotopic (exact) mass is 1010 g/mol. The van der Waals surface area contributed by atoms with Crippen molar-refractivity contribution in [1.29, 1.82) is 0 Å². The van der Waals surface area contributed by atoms with Crippen molar-refractivity contribution in [1.82, 2.24) is 6.15 Å². The summed E-state index contributed by atoms with van der Waals surface area (Å²) in [5, 5.41) is 117. The normalized spacial score (nSPS) is 10.7. The first-order valence-electron chi connectivity index (χ1n) is 19.8. The van der Waals surface area contributed by atoms with Crippen molar-refractivity contribution in [3.05, 3.63) is 197 Å². The first-order chi connectivity index (χ1) is 33.5. The molecule has 0 unspecified atom stereocenters. The maximum absolute atomic E-state index is 13.2. The molecular weight excluding hydrogens is 983 g/mol. The number of nitro groups is 4. The summed E-state index contributed by atoms with van der Waals surface area (Å²) >= 11 is 0. The fourth-order valence-corrected chi connectivity index (χ4v) is 6.60. The number of hydrogen-bond acceptors (Lipinski definition) is 18. The molecule has 0 fully saturated rings. The van der Waals surface area contributed by atoms with E-state index < -0.39 is 88.6 Å². The van der Waals surface area contributed by atoms with Crippen molar-refractivity contribution in [2.24, 2.45) is 20.5 Å². The number of carbonyl (C=O) groups is 2. The van der Waals surface area contributed by atoms with Gasteiger partial charge in [-0.05, 0) is 47.2 Å². The number of quaternary nitrogens is 1. The van der Waals surface area contributed by atoms with E-state index in [1.165, 1.54) is 24.3 Å². The zero-order valence-electron chi connectivity index (χ0n) is 36.6. The van der Waals surface area contributed by atoms with Crippen LogP contribution in [0.3, 0.4) is 0 Å². The average Bonchev–Trinajstić information content (AvgIpc) is 3.34. The molecule has 6 N–H and O–H groups in total. The number of anilines is 2. The average molecular weight is 1010 g/mol. The van der Waals surface area contributed by atoms with Crippen molar-refractivity contribution in [2.45, 2.75) is 0 Å². The van der Waals surface area contributed by atoms with Gasteiger partial charge in [0.05, 0.1) is 54.6 Å². The Kier molecular flexibility index (Phi) is 16.6. The van der Waals surface area contributed by atoms with Gasteiger partial charge in [0.2, 0.25) is 0 Å². The number of nitro benzene ring substituents is 4. The van der Waals surface area contributed by atoms with Crippen LogP contribution < -0.4 is 37.2 Å². The van der Waals surface area contributed by atoms with Crippen LogP contribution in [0, 0.1) is 40.5 Å². The van der Waals surface area contributed by atoms with E-state index in [1.54, 1.807) is 97.1 Å². The molecule has 72 heavy (non-hydrogen) atoms. The molecule has 0 saturated carbocycles. The summed E-state index contributed by atoms with van der Waals surface area (Å²) in [6.07, 6.45) is 0. The zero-order valence-corrected chi connectivity index (χ0v) is 37.8. The molecule has 26 heteroatoms. The summed E-state index contributed by atoms with van der Waals surface area (Å²) in [7, 11) is 0. The van der Waals surface area contributed by atoms with Crippen molar-refractivity contribution in [3.8, 4) is 23.0 Å². The van der Waals surface area contributed by atoms with E-state index in [1.807, 2.05) is 0 Å². The third kappa shape index (κ3) is 11.5. The van der Waals surface area contributed by atoms with E-state index >= 15 is 0 Å². The third-order valence-electron chi connectivity index (χ3n) is 9.90. The van der Waals surface area contributed by atoms with Gasteiger partial charge in [-0.1, -0.05) is 96.4 Å². The van der Waals surface area contributed by atoms with Crippen molar-refractivity contribution < 1.29 is 67.1 Å². The van der Waals surface area contributed by atoms with Crippen LogP contribution in [-0.4, -0.2) is 31.5 Å². The van der Waals surface area contributed by atoms with Gasteiger partial charge < -0.3 is 37.2 Å². The van der Waals surface area contributed by atoms with Gasteiger partial charge in [-0.25, -0.2) is 0 Å². The molecule has 25 nitrogen and oxygen atoms in total. The number of non-ortho nitro benzene ring substituents is 2. The summed E-state index contributed by atoms with van der Waals surface area (Å²) in [6.45, 7) is 0. The largest absolute Gasteiger partial charge is 3.00 e. The summed E-state index contributed by atoms with van der Waals surface area (Å²) in [6, 6.07) is 35.0.